The van der Waals surface area contributed by atoms with E-state index in [4.69, 9.17) is 11.6 Å². The maximum Gasteiger partial charge on any atom is 0.234 e. The number of carbonyl (C=O) groups excluding carboxylic acids is 1. The van der Waals surface area contributed by atoms with Crippen molar-refractivity contribution in [3.05, 3.63) is 45.6 Å². The first-order valence-electron chi connectivity index (χ1n) is 8.80. The van der Waals surface area contributed by atoms with Crippen molar-refractivity contribution in [2.24, 2.45) is 0 Å². The van der Waals surface area contributed by atoms with Gasteiger partial charge in [-0.3, -0.25) is 4.79 Å². The van der Waals surface area contributed by atoms with Crippen LogP contribution in [0, 0.1) is 0 Å². The highest BCUT2D eigenvalue weighted by molar-refractivity contribution is 7.99. The fraction of sp³-hybridized carbons (Fsp3) is 0.316. The van der Waals surface area contributed by atoms with Gasteiger partial charge in [0.25, 0.3) is 0 Å². The largest absolute Gasteiger partial charge is 0.325 e. The summed E-state index contributed by atoms with van der Waals surface area (Å²) in [5.74, 6) is 1.04. The number of aromatic nitrogens is 3. The number of amides is 1. The van der Waals surface area contributed by atoms with Crippen LogP contribution >= 0.6 is 34.7 Å². The van der Waals surface area contributed by atoms with Gasteiger partial charge in [-0.05, 0) is 43.7 Å². The van der Waals surface area contributed by atoms with Gasteiger partial charge in [0.2, 0.25) is 5.91 Å². The van der Waals surface area contributed by atoms with E-state index >= 15 is 0 Å². The van der Waals surface area contributed by atoms with E-state index in [1.807, 2.05) is 0 Å². The highest BCUT2D eigenvalue weighted by Crippen LogP contribution is 2.28. The Kier molecular flexibility index (Phi) is 6.93. The molecule has 8 heteroatoms. The van der Waals surface area contributed by atoms with E-state index in [-0.39, 0.29) is 11.7 Å². The zero-order valence-electron chi connectivity index (χ0n) is 15.2. The molecular formula is C19H21ClN4OS2. The molecule has 0 radical (unpaired) electrons. The molecule has 0 saturated heterocycles. The summed E-state index contributed by atoms with van der Waals surface area (Å²) in [4.78, 5) is 13.6. The predicted molar refractivity (Wildman–Crippen MR) is 114 cm³/mol. The topological polar surface area (TPSA) is 59.8 Å². The summed E-state index contributed by atoms with van der Waals surface area (Å²) in [6, 6.07) is 9.24. The van der Waals surface area contributed by atoms with Crippen LogP contribution in [-0.4, -0.2) is 26.4 Å². The zero-order chi connectivity index (χ0) is 19.2. The van der Waals surface area contributed by atoms with Crippen molar-refractivity contribution in [3.8, 4) is 11.4 Å². The number of hydrogen-bond donors (Lipinski definition) is 1. The zero-order valence-corrected chi connectivity index (χ0v) is 17.6. The van der Waals surface area contributed by atoms with Crippen LogP contribution in [0.3, 0.4) is 0 Å². The summed E-state index contributed by atoms with van der Waals surface area (Å²) >= 11 is 9.01. The SMILES string of the molecule is CCCc1cc(-c2nnc(SCC(=O)Nc3ccc(Cl)cc3)n2CC)cs1. The number of benzene rings is 1. The van der Waals surface area contributed by atoms with E-state index in [1.54, 1.807) is 35.6 Å². The Morgan fingerprint density at radius 1 is 1.26 bits per heavy atom. The highest BCUT2D eigenvalue weighted by Gasteiger charge is 2.16. The van der Waals surface area contributed by atoms with Gasteiger partial charge in [0.15, 0.2) is 11.0 Å². The summed E-state index contributed by atoms with van der Waals surface area (Å²) in [6.07, 6.45) is 2.21. The predicted octanol–water partition coefficient (Wildman–Crippen LogP) is 5.36. The number of hydrogen-bond acceptors (Lipinski definition) is 5. The molecule has 0 atom stereocenters. The molecule has 0 saturated carbocycles. The van der Waals surface area contributed by atoms with E-state index in [9.17, 15) is 4.79 Å². The summed E-state index contributed by atoms with van der Waals surface area (Å²) in [6.45, 7) is 4.99. The lowest BCUT2D eigenvalue weighted by Gasteiger charge is -2.07. The van der Waals surface area contributed by atoms with E-state index in [1.165, 1.54) is 16.6 Å². The van der Waals surface area contributed by atoms with Crippen molar-refractivity contribution in [2.75, 3.05) is 11.1 Å². The van der Waals surface area contributed by atoms with Crippen LogP contribution in [0.25, 0.3) is 11.4 Å². The van der Waals surface area contributed by atoms with Gasteiger partial charge in [-0.25, -0.2) is 0 Å². The first-order valence-corrected chi connectivity index (χ1v) is 11.0. The van der Waals surface area contributed by atoms with Gasteiger partial charge in [-0.2, -0.15) is 0 Å². The van der Waals surface area contributed by atoms with Crippen LogP contribution in [0.15, 0.2) is 40.9 Å². The number of thiophene rings is 1. The maximum absolute atomic E-state index is 12.2. The molecule has 0 aliphatic rings. The van der Waals surface area contributed by atoms with Crippen LogP contribution in [-0.2, 0) is 17.8 Å². The summed E-state index contributed by atoms with van der Waals surface area (Å²) in [5.41, 5.74) is 1.82. The van der Waals surface area contributed by atoms with Gasteiger partial charge < -0.3 is 9.88 Å². The molecule has 0 spiro atoms. The van der Waals surface area contributed by atoms with Crippen molar-refractivity contribution in [3.63, 3.8) is 0 Å². The molecule has 3 aromatic rings. The summed E-state index contributed by atoms with van der Waals surface area (Å²) < 4.78 is 2.05. The average molecular weight is 421 g/mol. The molecule has 1 amide bonds. The second-order valence-electron chi connectivity index (χ2n) is 5.95. The van der Waals surface area contributed by atoms with Gasteiger partial charge in [0, 0.05) is 33.1 Å². The molecule has 27 heavy (non-hydrogen) atoms. The smallest absolute Gasteiger partial charge is 0.234 e. The molecule has 0 bridgehead atoms. The second-order valence-corrected chi connectivity index (χ2v) is 8.32. The minimum Gasteiger partial charge on any atom is -0.325 e. The first-order chi connectivity index (χ1) is 13.1. The number of nitrogens with one attached hydrogen (secondary N) is 1. The Labute approximate surface area is 172 Å². The number of thioether (sulfide) groups is 1. The number of aryl methyl sites for hydroxylation is 1. The van der Waals surface area contributed by atoms with Crippen LogP contribution in [0.2, 0.25) is 5.02 Å². The van der Waals surface area contributed by atoms with Crippen molar-refractivity contribution in [1.82, 2.24) is 14.8 Å². The quantitative estimate of drug-likeness (QED) is 0.498. The summed E-state index contributed by atoms with van der Waals surface area (Å²) in [5, 5.41) is 15.0. The molecule has 142 valence electrons. The van der Waals surface area contributed by atoms with Gasteiger partial charge in [-0.15, -0.1) is 21.5 Å². The third-order valence-corrected chi connectivity index (χ3v) is 6.12. The van der Waals surface area contributed by atoms with E-state index in [2.05, 4.69) is 45.4 Å². The molecule has 0 aliphatic carbocycles. The minimum absolute atomic E-state index is 0.0877. The third-order valence-electron chi connectivity index (χ3n) is 3.90. The van der Waals surface area contributed by atoms with Crippen LogP contribution in [0.4, 0.5) is 5.69 Å². The van der Waals surface area contributed by atoms with Gasteiger partial charge in [0.1, 0.15) is 0 Å². The van der Waals surface area contributed by atoms with Crippen molar-refractivity contribution >= 4 is 46.3 Å². The lowest BCUT2D eigenvalue weighted by molar-refractivity contribution is -0.113. The Hall–Kier alpha value is -1.83. The molecule has 3 rings (SSSR count). The number of anilines is 1. The van der Waals surface area contributed by atoms with Crippen LogP contribution in [0.5, 0.6) is 0 Å². The van der Waals surface area contributed by atoms with Crippen LogP contribution < -0.4 is 5.32 Å². The van der Waals surface area contributed by atoms with E-state index in [0.29, 0.717) is 5.02 Å². The molecule has 2 heterocycles. The Morgan fingerprint density at radius 2 is 2.04 bits per heavy atom. The van der Waals surface area contributed by atoms with Crippen LogP contribution in [0.1, 0.15) is 25.1 Å². The second kappa shape index (κ2) is 9.39. The average Bonchev–Trinajstić information content (AvgIpc) is 3.28. The Bertz CT molecular complexity index is 905. The normalized spacial score (nSPS) is 10.9. The standard InChI is InChI=1S/C19H21ClN4OS2/c1-3-5-16-10-13(11-26-16)18-22-23-19(24(18)4-2)27-12-17(25)21-15-8-6-14(20)7-9-15/h6-11H,3-5,12H2,1-2H3,(H,21,25). The molecule has 0 fully saturated rings. The van der Waals surface area contributed by atoms with Gasteiger partial charge in [0.05, 0.1) is 5.75 Å². The minimum atomic E-state index is -0.0877. The van der Waals surface area contributed by atoms with Crippen molar-refractivity contribution < 1.29 is 4.79 Å². The molecular weight excluding hydrogens is 400 g/mol. The van der Waals surface area contributed by atoms with E-state index < -0.39 is 0 Å². The maximum atomic E-state index is 12.2. The highest BCUT2D eigenvalue weighted by atomic mass is 35.5. The van der Waals surface area contributed by atoms with Gasteiger partial charge >= 0.3 is 0 Å². The molecule has 0 aliphatic heterocycles. The number of carbonyl (C=O) groups is 1. The molecule has 0 unspecified atom stereocenters. The molecule has 5 nitrogen and oxygen atoms in total. The Balaban J connectivity index is 1.65. The van der Waals surface area contributed by atoms with Crippen molar-refractivity contribution in [1.29, 1.82) is 0 Å². The fourth-order valence-corrected chi connectivity index (χ4v) is 4.53. The molecule has 1 N–H and O–H groups in total. The van der Waals surface area contributed by atoms with E-state index in [0.717, 1.165) is 41.6 Å². The summed E-state index contributed by atoms with van der Waals surface area (Å²) in [7, 11) is 0. The first kappa shape index (κ1) is 19.9. The molecule has 1 aromatic carbocycles. The fourth-order valence-electron chi connectivity index (χ4n) is 2.63. The third kappa shape index (κ3) is 5.12. The number of halogens is 1. The molecule has 2 aromatic heterocycles. The monoisotopic (exact) mass is 420 g/mol. The number of nitrogens with zero attached hydrogens (tertiary/aromatic N) is 3. The lowest BCUT2D eigenvalue weighted by Crippen LogP contribution is -2.14. The van der Waals surface area contributed by atoms with Crippen molar-refractivity contribution in [2.45, 2.75) is 38.4 Å². The Morgan fingerprint density at radius 3 is 2.74 bits per heavy atom. The number of rotatable bonds is 8. The lowest BCUT2D eigenvalue weighted by atomic mass is 10.2. The van der Waals surface area contributed by atoms with Gasteiger partial charge in [-0.1, -0.05) is 36.7 Å².